The lowest BCUT2D eigenvalue weighted by atomic mass is 9.96. The van der Waals surface area contributed by atoms with Crippen LogP contribution in [-0.2, 0) is 7.05 Å². The third kappa shape index (κ3) is 2.16. The Kier molecular flexibility index (Phi) is 3.22. The van der Waals surface area contributed by atoms with Crippen molar-refractivity contribution in [1.29, 1.82) is 0 Å². The molecule has 0 bridgehead atoms. The number of hydrogen-bond donors (Lipinski definition) is 1. The molecule has 2 rings (SSSR count). The first-order valence-corrected chi connectivity index (χ1v) is 5.93. The predicted molar refractivity (Wildman–Crippen MR) is 69.8 cm³/mol. The number of aromatic nitrogens is 2. The fourth-order valence-electron chi connectivity index (χ4n) is 2.35. The predicted octanol–water partition coefficient (Wildman–Crippen LogP) is 2.53. The molecule has 0 fully saturated rings. The summed E-state index contributed by atoms with van der Waals surface area (Å²) in [5.41, 5.74) is 10.8. The maximum atomic E-state index is 13.4. The summed E-state index contributed by atoms with van der Waals surface area (Å²) < 4.78 is 15.2. The van der Waals surface area contributed by atoms with Crippen molar-refractivity contribution in [3.63, 3.8) is 0 Å². The first kappa shape index (κ1) is 12.8. The van der Waals surface area contributed by atoms with Crippen LogP contribution in [0.3, 0.4) is 0 Å². The van der Waals surface area contributed by atoms with Crippen LogP contribution in [-0.4, -0.2) is 9.78 Å². The van der Waals surface area contributed by atoms with Crippen molar-refractivity contribution in [2.24, 2.45) is 12.8 Å². The van der Waals surface area contributed by atoms with Crippen LogP contribution in [0.4, 0.5) is 4.39 Å². The SMILES string of the molecule is Cc1cc(F)cc(C(N)c2c(C)nn(C)c2C)c1. The van der Waals surface area contributed by atoms with Gasteiger partial charge in [-0.3, -0.25) is 4.68 Å². The first-order chi connectivity index (χ1) is 8.40. The van der Waals surface area contributed by atoms with Gasteiger partial charge >= 0.3 is 0 Å². The molecule has 2 N–H and O–H groups in total. The van der Waals surface area contributed by atoms with Crippen molar-refractivity contribution in [2.45, 2.75) is 26.8 Å². The summed E-state index contributed by atoms with van der Waals surface area (Å²) in [6, 6.07) is 4.57. The van der Waals surface area contributed by atoms with E-state index in [9.17, 15) is 4.39 Å². The molecule has 0 saturated heterocycles. The van der Waals surface area contributed by atoms with Crippen LogP contribution in [0, 0.1) is 26.6 Å². The fourth-order valence-corrected chi connectivity index (χ4v) is 2.35. The summed E-state index contributed by atoms with van der Waals surface area (Å²) in [7, 11) is 1.88. The molecule has 0 aliphatic carbocycles. The molecule has 0 saturated carbocycles. The van der Waals surface area contributed by atoms with Crippen LogP contribution >= 0.6 is 0 Å². The van der Waals surface area contributed by atoms with E-state index in [0.717, 1.165) is 28.1 Å². The summed E-state index contributed by atoms with van der Waals surface area (Å²) in [6.07, 6.45) is 0. The number of nitrogens with two attached hydrogens (primary N) is 1. The first-order valence-electron chi connectivity index (χ1n) is 5.93. The second-order valence-corrected chi connectivity index (χ2v) is 4.75. The van der Waals surface area contributed by atoms with Crippen molar-refractivity contribution in [2.75, 3.05) is 0 Å². The summed E-state index contributed by atoms with van der Waals surface area (Å²) >= 11 is 0. The molecule has 18 heavy (non-hydrogen) atoms. The lowest BCUT2D eigenvalue weighted by molar-refractivity contribution is 0.622. The zero-order chi connectivity index (χ0) is 13.4. The highest BCUT2D eigenvalue weighted by molar-refractivity contribution is 5.38. The van der Waals surface area contributed by atoms with Crippen LogP contribution in [0.1, 0.15) is 34.1 Å². The fraction of sp³-hybridized carbons (Fsp3) is 0.357. The Bertz CT molecular complexity index is 567. The number of nitrogens with zero attached hydrogens (tertiary/aromatic N) is 2. The normalized spacial score (nSPS) is 12.8. The number of hydrogen-bond acceptors (Lipinski definition) is 2. The van der Waals surface area contributed by atoms with Gasteiger partial charge in [0.15, 0.2) is 0 Å². The maximum absolute atomic E-state index is 13.4. The minimum Gasteiger partial charge on any atom is -0.320 e. The molecule has 4 heteroatoms. The van der Waals surface area contributed by atoms with E-state index in [-0.39, 0.29) is 11.9 Å². The molecule has 1 heterocycles. The van der Waals surface area contributed by atoms with Gasteiger partial charge in [0.05, 0.1) is 11.7 Å². The number of benzene rings is 1. The van der Waals surface area contributed by atoms with Crippen LogP contribution in [0.2, 0.25) is 0 Å². The average molecular weight is 247 g/mol. The molecule has 2 aromatic rings. The van der Waals surface area contributed by atoms with Gasteiger partial charge in [-0.15, -0.1) is 0 Å². The van der Waals surface area contributed by atoms with E-state index in [1.165, 1.54) is 12.1 Å². The van der Waals surface area contributed by atoms with Gasteiger partial charge in [-0.2, -0.15) is 5.10 Å². The molecule has 0 radical (unpaired) electrons. The molecule has 0 aliphatic heterocycles. The van der Waals surface area contributed by atoms with Gasteiger partial charge in [-0.25, -0.2) is 4.39 Å². The molecule has 0 spiro atoms. The number of halogens is 1. The highest BCUT2D eigenvalue weighted by atomic mass is 19.1. The zero-order valence-corrected chi connectivity index (χ0v) is 11.2. The van der Waals surface area contributed by atoms with Crippen LogP contribution in [0.5, 0.6) is 0 Å². The lowest BCUT2D eigenvalue weighted by Crippen LogP contribution is -2.14. The van der Waals surface area contributed by atoms with E-state index < -0.39 is 0 Å². The van der Waals surface area contributed by atoms with Crippen molar-refractivity contribution < 1.29 is 4.39 Å². The Morgan fingerprint density at radius 2 is 1.89 bits per heavy atom. The zero-order valence-electron chi connectivity index (χ0n) is 11.2. The van der Waals surface area contributed by atoms with E-state index in [4.69, 9.17) is 5.73 Å². The minimum atomic E-state index is -0.340. The van der Waals surface area contributed by atoms with Crippen LogP contribution in [0.15, 0.2) is 18.2 Å². The Hall–Kier alpha value is -1.68. The molecule has 3 nitrogen and oxygen atoms in total. The Morgan fingerprint density at radius 3 is 2.39 bits per heavy atom. The summed E-state index contributed by atoms with van der Waals surface area (Å²) in [5.74, 6) is -0.250. The highest BCUT2D eigenvalue weighted by Crippen LogP contribution is 2.26. The topological polar surface area (TPSA) is 43.8 Å². The van der Waals surface area contributed by atoms with E-state index in [1.54, 1.807) is 4.68 Å². The molecular formula is C14H18FN3. The second-order valence-electron chi connectivity index (χ2n) is 4.75. The third-order valence-electron chi connectivity index (χ3n) is 3.30. The Labute approximate surface area is 106 Å². The molecule has 1 atom stereocenters. The monoisotopic (exact) mass is 247 g/mol. The number of rotatable bonds is 2. The van der Waals surface area contributed by atoms with E-state index in [1.807, 2.05) is 33.9 Å². The van der Waals surface area contributed by atoms with Gasteiger partial charge in [0.25, 0.3) is 0 Å². The van der Waals surface area contributed by atoms with E-state index in [2.05, 4.69) is 5.10 Å². The van der Waals surface area contributed by atoms with Crippen LogP contribution < -0.4 is 5.73 Å². The average Bonchev–Trinajstić information content (AvgIpc) is 2.51. The van der Waals surface area contributed by atoms with Gasteiger partial charge in [0.1, 0.15) is 5.82 Å². The molecule has 1 aromatic heterocycles. The molecule has 1 unspecified atom stereocenters. The van der Waals surface area contributed by atoms with Gasteiger partial charge in [-0.05, 0) is 44.0 Å². The van der Waals surface area contributed by atoms with Gasteiger partial charge in [0.2, 0.25) is 0 Å². The number of aryl methyl sites for hydroxylation is 3. The molecular weight excluding hydrogens is 229 g/mol. The summed E-state index contributed by atoms with van der Waals surface area (Å²) in [4.78, 5) is 0. The third-order valence-corrected chi connectivity index (χ3v) is 3.30. The standard InChI is InChI=1S/C14H18FN3/c1-8-5-11(7-12(15)6-8)14(16)13-9(2)17-18(4)10(13)3/h5-7,14H,16H2,1-4H3. The lowest BCUT2D eigenvalue weighted by Gasteiger charge is -2.14. The quantitative estimate of drug-likeness (QED) is 0.886. The van der Waals surface area contributed by atoms with E-state index in [0.29, 0.717) is 0 Å². The molecule has 1 aromatic carbocycles. The smallest absolute Gasteiger partial charge is 0.123 e. The van der Waals surface area contributed by atoms with Crippen molar-refractivity contribution >= 4 is 0 Å². The molecule has 0 aliphatic rings. The maximum Gasteiger partial charge on any atom is 0.123 e. The van der Waals surface area contributed by atoms with E-state index >= 15 is 0 Å². The van der Waals surface area contributed by atoms with Crippen LogP contribution in [0.25, 0.3) is 0 Å². The van der Waals surface area contributed by atoms with Crippen molar-refractivity contribution in [1.82, 2.24) is 9.78 Å². The van der Waals surface area contributed by atoms with Gasteiger partial charge < -0.3 is 5.73 Å². The van der Waals surface area contributed by atoms with Gasteiger partial charge in [-0.1, -0.05) is 6.07 Å². The molecule has 96 valence electrons. The Balaban J connectivity index is 2.50. The minimum absolute atomic E-state index is 0.250. The second kappa shape index (κ2) is 4.53. The summed E-state index contributed by atoms with van der Waals surface area (Å²) in [5, 5.41) is 4.34. The summed E-state index contributed by atoms with van der Waals surface area (Å²) in [6.45, 7) is 5.76. The van der Waals surface area contributed by atoms with Crippen molar-refractivity contribution in [3.8, 4) is 0 Å². The van der Waals surface area contributed by atoms with Gasteiger partial charge in [0, 0.05) is 18.3 Å². The highest BCUT2D eigenvalue weighted by Gasteiger charge is 2.18. The van der Waals surface area contributed by atoms with Crippen molar-refractivity contribution in [3.05, 3.63) is 52.1 Å². The largest absolute Gasteiger partial charge is 0.320 e. The Morgan fingerprint density at radius 1 is 1.22 bits per heavy atom. The molecule has 0 amide bonds.